The van der Waals surface area contributed by atoms with Crippen LogP contribution in [0.2, 0.25) is 0 Å². The summed E-state index contributed by atoms with van der Waals surface area (Å²) in [4.78, 5) is 26.5. The Balaban J connectivity index is 1.85. The molecule has 0 unspecified atom stereocenters. The van der Waals surface area contributed by atoms with Crippen molar-refractivity contribution < 1.29 is 24.2 Å². The molecule has 2 fully saturated rings. The molecule has 0 radical (unpaired) electrons. The fourth-order valence-corrected chi connectivity index (χ4v) is 4.10. The van der Waals surface area contributed by atoms with Crippen LogP contribution in [0.25, 0.3) is 0 Å². The van der Waals surface area contributed by atoms with Crippen LogP contribution < -0.4 is 9.47 Å². The number of carbonyl (C=O) groups is 2. The molecule has 1 aliphatic carbocycles. The Hall–Kier alpha value is -2.24. The molecular weight excluding hydrogens is 322 g/mol. The van der Waals surface area contributed by atoms with Crippen molar-refractivity contribution in [2.45, 2.75) is 32.6 Å². The van der Waals surface area contributed by atoms with Gasteiger partial charge < -0.3 is 19.5 Å². The van der Waals surface area contributed by atoms with Crippen LogP contribution in [-0.4, -0.2) is 48.7 Å². The lowest BCUT2D eigenvalue weighted by Gasteiger charge is -2.23. The first kappa shape index (κ1) is 17.6. The maximum absolute atomic E-state index is 13.0. The number of hydrogen-bond acceptors (Lipinski definition) is 4. The Morgan fingerprint density at radius 3 is 2.84 bits per heavy atom. The lowest BCUT2D eigenvalue weighted by molar-refractivity contribution is -0.149. The molecule has 0 aromatic heterocycles. The molecular formula is C19H25NO5. The summed E-state index contributed by atoms with van der Waals surface area (Å²) < 4.78 is 11.0. The van der Waals surface area contributed by atoms with Gasteiger partial charge in [0, 0.05) is 19.2 Å². The molecule has 1 N–H and O–H groups in total. The smallest absolute Gasteiger partial charge is 0.311 e. The van der Waals surface area contributed by atoms with E-state index in [1.807, 2.05) is 6.92 Å². The number of carboxylic acid groups (broad SMARTS) is 1. The third-order valence-electron chi connectivity index (χ3n) is 5.46. The molecule has 1 saturated carbocycles. The molecule has 2 aliphatic rings. The topological polar surface area (TPSA) is 76.1 Å². The fraction of sp³-hybridized carbons (Fsp3) is 0.579. The van der Waals surface area contributed by atoms with E-state index in [0.717, 1.165) is 19.3 Å². The predicted octanol–water partition coefficient (Wildman–Crippen LogP) is 2.81. The molecule has 2 atom stereocenters. The first-order valence-electron chi connectivity index (χ1n) is 8.85. The van der Waals surface area contributed by atoms with Crippen LogP contribution in [0.15, 0.2) is 18.2 Å². The first-order valence-corrected chi connectivity index (χ1v) is 8.85. The van der Waals surface area contributed by atoms with E-state index in [1.165, 1.54) is 0 Å². The summed E-state index contributed by atoms with van der Waals surface area (Å²) in [6.07, 6.45) is 3.28. The minimum atomic E-state index is -0.775. The molecule has 6 heteroatoms. The average molecular weight is 347 g/mol. The van der Waals surface area contributed by atoms with Crippen molar-refractivity contribution in [2.24, 2.45) is 11.3 Å². The van der Waals surface area contributed by atoms with Crippen LogP contribution in [0.3, 0.4) is 0 Å². The van der Waals surface area contributed by atoms with Gasteiger partial charge in [-0.25, -0.2) is 0 Å². The van der Waals surface area contributed by atoms with E-state index < -0.39 is 11.4 Å². The Bertz CT molecular complexity index is 674. The quantitative estimate of drug-likeness (QED) is 0.856. The number of ether oxygens (including phenoxy) is 2. The standard InChI is InChI=1S/C19H25NO5/c1-3-9-25-16-10-14(24-2)6-7-15(16)17(21)20-11-13-5-4-8-19(13,12-20)18(22)23/h6-7,10,13H,3-5,8-9,11-12H2,1-2H3,(H,22,23)/t13-,19+/m0/s1. The van der Waals surface area contributed by atoms with Crippen molar-refractivity contribution in [1.29, 1.82) is 0 Å². The van der Waals surface area contributed by atoms with Gasteiger partial charge in [0.25, 0.3) is 5.91 Å². The zero-order valence-corrected chi connectivity index (χ0v) is 14.8. The molecule has 25 heavy (non-hydrogen) atoms. The van der Waals surface area contributed by atoms with Gasteiger partial charge in [-0.3, -0.25) is 9.59 Å². The molecule has 1 amide bonds. The van der Waals surface area contributed by atoms with Crippen molar-refractivity contribution in [3.05, 3.63) is 23.8 Å². The molecule has 1 aromatic rings. The predicted molar refractivity (Wildman–Crippen MR) is 92.1 cm³/mol. The zero-order valence-electron chi connectivity index (χ0n) is 14.8. The second-order valence-corrected chi connectivity index (χ2v) is 6.95. The maximum atomic E-state index is 13.0. The molecule has 136 valence electrons. The maximum Gasteiger partial charge on any atom is 0.311 e. The first-order chi connectivity index (χ1) is 12.0. The number of rotatable bonds is 6. The monoisotopic (exact) mass is 347 g/mol. The Labute approximate surface area is 147 Å². The summed E-state index contributed by atoms with van der Waals surface area (Å²) >= 11 is 0. The highest BCUT2D eigenvalue weighted by atomic mass is 16.5. The summed E-state index contributed by atoms with van der Waals surface area (Å²) in [7, 11) is 1.57. The van der Waals surface area contributed by atoms with Gasteiger partial charge in [0.15, 0.2) is 0 Å². The molecule has 0 spiro atoms. The molecule has 0 bridgehead atoms. The van der Waals surface area contributed by atoms with E-state index >= 15 is 0 Å². The zero-order chi connectivity index (χ0) is 18.0. The van der Waals surface area contributed by atoms with E-state index in [0.29, 0.717) is 36.6 Å². The number of aliphatic carboxylic acids is 1. The number of benzene rings is 1. The number of carbonyl (C=O) groups excluding carboxylic acids is 1. The van der Waals surface area contributed by atoms with Gasteiger partial charge >= 0.3 is 5.97 Å². The van der Waals surface area contributed by atoms with Gasteiger partial charge in [-0.05, 0) is 37.3 Å². The van der Waals surface area contributed by atoms with E-state index in [-0.39, 0.29) is 18.4 Å². The normalized spacial score (nSPS) is 24.9. The summed E-state index contributed by atoms with van der Waals surface area (Å²) in [5.41, 5.74) is -0.304. The Morgan fingerprint density at radius 2 is 2.20 bits per heavy atom. The lowest BCUT2D eigenvalue weighted by Crippen LogP contribution is -2.37. The second-order valence-electron chi connectivity index (χ2n) is 6.95. The van der Waals surface area contributed by atoms with Crippen LogP contribution in [-0.2, 0) is 4.79 Å². The average Bonchev–Trinajstić information content (AvgIpc) is 3.17. The molecule has 3 rings (SSSR count). The summed E-state index contributed by atoms with van der Waals surface area (Å²) in [6.45, 7) is 3.30. The summed E-state index contributed by atoms with van der Waals surface area (Å²) in [6, 6.07) is 5.15. The second kappa shape index (κ2) is 6.94. The van der Waals surface area contributed by atoms with Crippen molar-refractivity contribution in [1.82, 2.24) is 4.90 Å². The number of fused-ring (bicyclic) bond motifs is 1. The van der Waals surface area contributed by atoms with Crippen LogP contribution in [0.5, 0.6) is 11.5 Å². The molecule has 1 heterocycles. The SMILES string of the molecule is CCCOc1cc(OC)ccc1C(=O)N1C[C@@H]2CCC[C@@]2(C(=O)O)C1. The van der Waals surface area contributed by atoms with Crippen molar-refractivity contribution in [3.63, 3.8) is 0 Å². The van der Waals surface area contributed by atoms with Gasteiger partial charge in [-0.1, -0.05) is 13.3 Å². The van der Waals surface area contributed by atoms with Crippen LogP contribution in [0.1, 0.15) is 43.0 Å². The van der Waals surface area contributed by atoms with Gasteiger partial charge in [-0.2, -0.15) is 0 Å². The number of carboxylic acids is 1. The fourth-order valence-electron chi connectivity index (χ4n) is 4.10. The molecule has 1 aliphatic heterocycles. The van der Waals surface area contributed by atoms with Crippen molar-refractivity contribution in [3.8, 4) is 11.5 Å². The van der Waals surface area contributed by atoms with Gasteiger partial charge in [0.1, 0.15) is 11.5 Å². The van der Waals surface area contributed by atoms with Crippen LogP contribution >= 0.6 is 0 Å². The highest BCUT2D eigenvalue weighted by Crippen LogP contribution is 2.49. The number of methoxy groups -OCH3 is 1. The highest BCUT2D eigenvalue weighted by Gasteiger charge is 2.55. The van der Waals surface area contributed by atoms with Gasteiger partial charge in [0.05, 0.1) is 24.7 Å². The van der Waals surface area contributed by atoms with Crippen molar-refractivity contribution >= 4 is 11.9 Å². The summed E-state index contributed by atoms with van der Waals surface area (Å²) in [5, 5.41) is 9.70. The molecule has 1 saturated heterocycles. The van der Waals surface area contributed by atoms with Crippen molar-refractivity contribution in [2.75, 3.05) is 26.8 Å². The third-order valence-corrected chi connectivity index (χ3v) is 5.46. The number of hydrogen-bond donors (Lipinski definition) is 1. The van der Waals surface area contributed by atoms with E-state index in [4.69, 9.17) is 9.47 Å². The molecule has 6 nitrogen and oxygen atoms in total. The largest absolute Gasteiger partial charge is 0.497 e. The number of nitrogens with zero attached hydrogens (tertiary/aromatic N) is 1. The van der Waals surface area contributed by atoms with E-state index in [9.17, 15) is 14.7 Å². The Kier molecular flexibility index (Phi) is 4.88. The van der Waals surface area contributed by atoms with Crippen LogP contribution in [0, 0.1) is 11.3 Å². The van der Waals surface area contributed by atoms with Gasteiger partial charge in [-0.15, -0.1) is 0 Å². The third kappa shape index (κ3) is 3.05. The highest BCUT2D eigenvalue weighted by molar-refractivity contribution is 5.98. The van der Waals surface area contributed by atoms with E-state index in [1.54, 1.807) is 30.2 Å². The number of likely N-dealkylation sites (tertiary alicyclic amines) is 1. The molecule has 1 aromatic carbocycles. The Morgan fingerprint density at radius 1 is 1.40 bits per heavy atom. The minimum absolute atomic E-state index is 0.0483. The van der Waals surface area contributed by atoms with Crippen LogP contribution in [0.4, 0.5) is 0 Å². The number of amides is 1. The minimum Gasteiger partial charge on any atom is -0.497 e. The lowest BCUT2D eigenvalue weighted by atomic mass is 9.81. The summed E-state index contributed by atoms with van der Waals surface area (Å²) in [5.74, 6) is 0.231. The van der Waals surface area contributed by atoms with E-state index in [2.05, 4.69) is 0 Å². The van der Waals surface area contributed by atoms with Gasteiger partial charge in [0.2, 0.25) is 0 Å².